The van der Waals surface area contributed by atoms with E-state index in [9.17, 15) is 5.11 Å². The highest BCUT2D eigenvalue weighted by atomic mass is 16.3. The molecule has 0 amide bonds. The van der Waals surface area contributed by atoms with Crippen LogP contribution in [0, 0.1) is 28.6 Å². The van der Waals surface area contributed by atoms with Crippen molar-refractivity contribution in [3.8, 4) is 6.07 Å². The predicted molar refractivity (Wildman–Crippen MR) is 86.8 cm³/mol. The smallest absolute Gasteiger partial charge is 0.0867 e. The van der Waals surface area contributed by atoms with Gasteiger partial charge in [0.05, 0.1) is 18.1 Å². The normalized spacial score (nSPS) is 43.0. The minimum Gasteiger partial charge on any atom is -0.388 e. The van der Waals surface area contributed by atoms with E-state index in [1.165, 1.54) is 32.1 Å². The summed E-state index contributed by atoms with van der Waals surface area (Å²) in [4.78, 5) is 0. The van der Waals surface area contributed by atoms with E-state index in [-0.39, 0.29) is 11.8 Å². The molecule has 0 radical (unpaired) electrons. The summed E-state index contributed by atoms with van der Waals surface area (Å²) >= 11 is 0. The van der Waals surface area contributed by atoms with E-state index in [0.29, 0.717) is 11.8 Å². The third kappa shape index (κ3) is 1.75. The molecule has 2 heteroatoms. The fraction of sp³-hybridized carbons (Fsp3) is 0.650. The Hall–Kier alpha value is -1.33. The van der Waals surface area contributed by atoms with E-state index in [1.807, 2.05) is 0 Å². The van der Waals surface area contributed by atoms with E-state index in [4.69, 9.17) is 5.26 Å². The number of hydrogen-bond acceptors (Lipinski definition) is 2. The zero-order valence-electron chi connectivity index (χ0n) is 13.4. The van der Waals surface area contributed by atoms with Gasteiger partial charge in [-0.15, -0.1) is 0 Å². The summed E-state index contributed by atoms with van der Waals surface area (Å²) in [5.74, 6) is 1.09. The topological polar surface area (TPSA) is 44.0 Å². The third-order valence-electron chi connectivity index (χ3n) is 6.99. The summed E-state index contributed by atoms with van der Waals surface area (Å²) in [5, 5.41) is 20.2. The maximum absolute atomic E-state index is 11.1. The second-order valence-electron chi connectivity index (χ2n) is 7.83. The number of nitriles is 1. The van der Waals surface area contributed by atoms with Crippen LogP contribution in [0.15, 0.2) is 34.9 Å². The third-order valence-corrected chi connectivity index (χ3v) is 6.99. The van der Waals surface area contributed by atoms with Crippen LogP contribution >= 0.6 is 0 Å². The second kappa shape index (κ2) is 4.83. The molecule has 4 aliphatic rings. The lowest BCUT2D eigenvalue weighted by atomic mass is 9.58. The van der Waals surface area contributed by atoms with Gasteiger partial charge in [-0.1, -0.05) is 25.2 Å². The molecule has 0 spiro atoms. The van der Waals surface area contributed by atoms with Gasteiger partial charge in [-0.3, -0.25) is 0 Å². The molecule has 0 bridgehead atoms. The number of fused-ring (bicyclic) bond motifs is 4. The summed E-state index contributed by atoms with van der Waals surface area (Å²) in [5.41, 5.74) is 3.70. The molecule has 22 heavy (non-hydrogen) atoms. The van der Waals surface area contributed by atoms with E-state index in [1.54, 1.807) is 16.7 Å². The van der Waals surface area contributed by atoms with Gasteiger partial charge in [0, 0.05) is 5.41 Å². The first-order valence-electron chi connectivity index (χ1n) is 8.80. The Labute approximate surface area is 133 Å². The van der Waals surface area contributed by atoms with E-state index in [0.717, 1.165) is 12.8 Å². The van der Waals surface area contributed by atoms with Gasteiger partial charge >= 0.3 is 0 Å². The molecule has 2 nitrogen and oxygen atoms in total. The van der Waals surface area contributed by atoms with Gasteiger partial charge < -0.3 is 5.11 Å². The van der Waals surface area contributed by atoms with E-state index in [2.05, 4.69) is 31.2 Å². The van der Waals surface area contributed by atoms with Gasteiger partial charge in [0.25, 0.3) is 0 Å². The van der Waals surface area contributed by atoms with Crippen LogP contribution in [0.3, 0.4) is 0 Å². The van der Waals surface area contributed by atoms with Crippen LogP contribution in [0.25, 0.3) is 0 Å². The minimum absolute atomic E-state index is 0.229. The number of nitrogens with zero attached hydrogens (tertiary/aromatic N) is 1. The van der Waals surface area contributed by atoms with Crippen molar-refractivity contribution in [2.75, 3.05) is 0 Å². The molecule has 4 rings (SSSR count). The molecule has 1 N–H and O–H groups in total. The summed E-state index contributed by atoms with van der Waals surface area (Å²) in [6.45, 7) is 2.19. The molecular formula is C20H25NO. The molecule has 0 aromatic rings. The second-order valence-corrected chi connectivity index (χ2v) is 7.83. The zero-order chi connectivity index (χ0) is 15.4. The lowest BCUT2D eigenvalue weighted by Gasteiger charge is -2.48. The molecule has 116 valence electrons. The van der Waals surface area contributed by atoms with Crippen LogP contribution in [-0.4, -0.2) is 10.7 Å². The Bertz CT molecular complexity index is 635. The van der Waals surface area contributed by atoms with Crippen LogP contribution in [0.4, 0.5) is 0 Å². The van der Waals surface area contributed by atoms with Gasteiger partial charge in [-0.25, -0.2) is 0 Å². The van der Waals surface area contributed by atoms with Crippen molar-refractivity contribution < 1.29 is 5.11 Å². The number of rotatable bonds is 1. The number of allylic oxidation sites excluding steroid dienone is 5. The number of aliphatic hydroxyl groups is 1. The van der Waals surface area contributed by atoms with Gasteiger partial charge in [-0.05, 0) is 73.5 Å². The molecule has 0 aromatic heterocycles. The van der Waals surface area contributed by atoms with Crippen molar-refractivity contribution in [1.82, 2.24) is 0 Å². The van der Waals surface area contributed by atoms with Crippen LogP contribution in [0.2, 0.25) is 0 Å². The van der Waals surface area contributed by atoms with Gasteiger partial charge in [0.15, 0.2) is 0 Å². The quantitative estimate of drug-likeness (QED) is 0.777. The summed E-state index contributed by atoms with van der Waals surface area (Å²) in [6, 6.07) is 2.22. The van der Waals surface area contributed by atoms with Crippen molar-refractivity contribution in [1.29, 1.82) is 5.26 Å². The standard InChI is InChI=1S/C20H25NO/c1-19-10-8-16-15-5-3-2-4-14(15)6-7-17(16)18(19)9-11-20(19,22)12-13-21/h4,8,10,17-18,22H,2-3,5-7,9,11-12H2,1H3/t17-,18+,19+,20-/m1/s1. The Kier molecular flexibility index (Phi) is 3.13. The summed E-state index contributed by atoms with van der Waals surface area (Å²) < 4.78 is 0. The SMILES string of the molecule is C[C@]12C=CC3=C4CCCC=C4CC[C@H]3[C@@H]1CC[C@@]2(O)CC#N. The summed E-state index contributed by atoms with van der Waals surface area (Å²) in [7, 11) is 0. The van der Waals surface area contributed by atoms with Gasteiger partial charge in [0.2, 0.25) is 0 Å². The highest BCUT2D eigenvalue weighted by Gasteiger charge is 2.58. The highest BCUT2D eigenvalue weighted by molar-refractivity contribution is 5.48. The Morgan fingerprint density at radius 3 is 3.05 bits per heavy atom. The van der Waals surface area contributed by atoms with E-state index < -0.39 is 5.60 Å². The molecule has 4 aliphatic carbocycles. The fourth-order valence-electron chi connectivity index (χ4n) is 5.63. The molecular weight excluding hydrogens is 270 g/mol. The highest BCUT2D eigenvalue weighted by Crippen LogP contribution is 2.61. The van der Waals surface area contributed by atoms with Crippen molar-refractivity contribution in [3.63, 3.8) is 0 Å². The fourth-order valence-corrected chi connectivity index (χ4v) is 5.63. The summed E-state index contributed by atoms with van der Waals surface area (Å²) in [6.07, 6.45) is 15.3. The molecule has 1 fully saturated rings. The van der Waals surface area contributed by atoms with Crippen molar-refractivity contribution in [2.45, 2.75) is 63.9 Å². The van der Waals surface area contributed by atoms with Crippen LogP contribution in [0.1, 0.15) is 58.3 Å². The molecule has 4 atom stereocenters. The maximum atomic E-state index is 11.1. The monoisotopic (exact) mass is 295 g/mol. The Morgan fingerprint density at radius 1 is 1.36 bits per heavy atom. The van der Waals surface area contributed by atoms with E-state index >= 15 is 0 Å². The van der Waals surface area contributed by atoms with Crippen molar-refractivity contribution >= 4 is 0 Å². The van der Waals surface area contributed by atoms with Crippen molar-refractivity contribution in [3.05, 3.63) is 34.9 Å². The lowest BCUT2D eigenvalue weighted by Crippen LogP contribution is -2.47. The van der Waals surface area contributed by atoms with Crippen LogP contribution in [0.5, 0.6) is 0 Å². The Balaban J connectivity index is 1.79. The maximum Gasteiger partial charge on any atom is 0.0867 e. The molecule has 0 heterocycles. The average Bonchev–Trinajstić information content (AvgIpc) is 2.79. The van der Waals surface area contributed by atoms with Crippen LogP contribution in [-0.2, 0) is 0 Å². The first-order valence-corrected chi connectivity index (χ1v) is 8.80. The molecule has 0 unspecified atom stereocenters. The van der Waals surface area contributed by atoms with Crippen LogP contribution < -0.4 is 0 Å². The molecule has 0 aromatic carbocycles. The first kappa shape index (κ1) is 14.3. The minimum atomic E-state index is -0.832. The molecule has 0 saturated heterocycles. The average molecular weight is 295 g/mol. The predicted octanol–water partition coefficient (Wildman–Crippen LogP) is 4.43. The number of hydrogen-bond donors (Lipinski definition) is 1. The largest absolute Gasteiger partial charge is 0.388 e. The van der Waals surface area contributed by atoms with Crippen molar-refractivity contribution in [2.24, 2.45) is 17.3 Å². The molecule has 1 saturated carbocycles. The Morgan fingerprint density at radius 2 is 2.23 bits per heavy atom. The zero-order valence-corrected chi connectivity index (χ0v) is 13.4. The molecule has 0 aliphatic heterocycles. The first-order chi connectivity index (χ1) is 10.6. The van der Waals surface area contributed by atoms with Gasteiger partial charge in [0.1, 0.15) is 0 Å². The van der Waals surface area contributed by atoms with Gasteiger partial charge in [-0.2, -0.15) is 5.26 Å². The lowest BCUT2D eigenvalue weighted by molar-refractivity contribution is -0.0461.